The molecule has 7 heteroatoms. The van der Waals surface area contributed by atoms with Crippen LogP contribution in [0.2, 0.25) is 0 Å². The third-order valence-corrected chi connectivity index (χ3v) is 5.06. The third kappa shape index (κ3) is 4.52. The number of rotatable bonds is 9. The Morgan fingerprint density at radius 3 is 1.14 bits per heavy atom. The molecule has 0 atom stereocenters. The molecule has 0 aliphatic heterocycles. The smallest absolute Gasteiger partial charge is 0.123 e. The van der Waals surface area contributed by atoms with Crippen LogP contribution >= 0.6 is 0 Å². The zero-order valence-electron chi connectivity index (χ0n) is 18.1. The standard InChI is InChI=1S/C21H33N7/c1-7-26-10-16(4)22-19(26)13-25(14-20-23-17(5)11-27(20)8-2)15-21-24-18(6)12-28(21)9-3/h10-12H,7-9,13-15H2,1-6H3. The lowest BCUT2D eigenvalue weighted by Crippen LogP contribution is -2.27. The highest BCUT2D eigenvalue weighted by atomic mass is 15.2. The molecule has 0 fully saturated rings. The van der Waals surface area contributed by atoms with E-state index < -0.39 is 0 Å². The van der Waals surface area contributed by atoms with E-state index in [1.165, 1.54) is 0 Å². The number of hydrogen-bond acceptors (Lipinski definition) is 4. The van der Waals surface area contributed by atoms with Crippen LogP contribution in [-0.2, 0) is 39.3 Å². The summed E-state index contributed by atoms with van der Waals surface area (Å²) >= 11 is 0. The van der Waals surface area contributed by atoms with E-state index in [4.69, 9.17) is 15.0 Å². The van der Waals surface area contributed by atoms with Gasteiger partial charge in [-0.1, -0.05) is 0 Å². The Balaban J connectivity index is 1.90. The van der Waals surface area contributed by atoms with Crippen LogP contribution in [0, 0.1) is 20.8 Å². The number of imidazole rings is 3. The molecular formula is C21H33N7. The predicted molar refractivity (Wildman–Crippen MR) is 111 cm³/mol. The number of nitrogens with zero attached hydrogens (tertiary/aromatic N) is 7. The van der Waals surface area contributed by atoms with Crippen LogP contribution in [0.25, 0.3) is 0 Å². The Labute approximate surface area is 168 Å². The lowest BCUT2D eigenvalue weighted by atomic mass is 10.3. The molecule has 0 saturated carbocycles. The molecule has 0 unspecified atom stereocenters. The Kier molecular flexibility index (Phi) is 6.34. The fourth-order valence-corrected chi connectivity index (χ4v) is 3.76. The normalized spacial score (nSPS) is 11.7. The molecule has 3 aromatic heterocycles. The first-order valence-corrected chi connectivity index (χ1v) is 10.2. The second kappa shape index (κ2) is 8.73. The van der Waals surface area contributed by atoms with Gasteiger partial charge in [0.25, 0.3) is 0 Å². The van der Waals surface area contributed by atoms with E-state index in [1.54, 1.807) is 0 Å². The quantitative estimate of drug-likeness (QED) is 0.568. The summed E-state index contributed by atoms with van der Waals surface area (Å²) in [7, 11) is 0. The van der Waals surface area contributed by atoms with E-state index in [2.05, 4.69) is 78.7 Å². The Hall–Kier alpha value is -2.41. The summed E-state index contributed by atoms with van der Waals surface area (Å²) in [6, 6.07) is 0. The lowest BCUT2D eigenvalue weighted by Gasteiger charge is -2.22. The summed E-state index contributed by atoms with van der Waals surface area (Å²) in [5.41, 5.74) is 3.19. The monoisotopic (exact) mass is 383 g/mol. The van der Waals surface area contributed by atoms with Crippen LogP contribution in [0.4, 0.5) is 0 Å². The first-order valence-electron chi connectivity index (χ1n) is 10.2. The molecule has 3 rings (SSSR count). The minimum atomic E-state index is 0.771. The van der Waals surface area contributed by atoms with Gasteiger partial charge in [-0.2, -0.15) is 0 Å². The summed E-state index contributed by atoms with van der Waals surface area (Å²) in [6.07, 6.45) is 6.38. The Morgan fingerprint density at radius 2 is 0.893 bits per heavy atom. The SMILES string of the molecule is CCn1cc(C)nc1CN(Cc1nc(C)cn1CC)Cc1nc(C)cn1CC. The maximum Gasteiger partial charge on any atom is 0.123 e. The van der Waals surface area contributed by atoms with Crippen molar-refractivity contribution in [2.45, 2.75) is 80.8 Å². The van der Waals surface area contributed by atoms with E-state index in [0.717, 1.165) is 73.8 Å². The Morgan fingerprint density at radius 1 is 0.607 bits per heavy atom. The van der Waals surface area contributed by atoms with Crippen molar-refractivity contribution in [1.82, 2.24) is 33.6 Å². The lowest BCUT2D eigenvalue weighted by molar-refractivity contribution is 0.220. The molecule has 3 aromatic rings. The summed E-state index contributed by atoms with van der Waals surface area (Å²) < 4.78 is 6.70. The summed E-state index contributed by atoms with van der Waals surface area (Å²) in [5.74, 6) is 3.29. The van der Waals surface area contributed by atoms with E-state index in [-0.39, 0.29) is 0 Å². The van der Waals surface area contributed by atoms with Crippen LogP contribution in [-0.4, -0.2) is 33.6 Å². The largest absolute Gasteiger partial charge is 0.334 e. The molecule has 7 nitrogen and oxygen atoms in total. The summed E-state index contributed by atoms with van der Waals surface area (Å²) in [6.45, 7) is 17.7. The third-order valence-electron chi connectivity index (χ3n) is 5.06. The van der Waals surface area contributed by atoms with Gasteiger partial charge in [0.1, 0.15) is 17.5 Å². The molecule has 3 heterocycles. The number of aromatic nitrogens is 6. The molecule has 0 saturated heterocycles. The van der Waals surface area contributed by atoms with Gasteiger partial charge in [0, 0.05) is 38.2 Å². The molecule has 0 spiro atoms. The van der Waals surface area contributed by atoms with Crippen molar-refractivity contribution in [2.24, 2.45) is 0 Å². The van der Waals surface area contributed by atoms with Crippen LogP contribution in [0.3, 0.4) is 0 Å². The van der Waals surface area contributed by atoms with Crippen molar-refractivity contribution in [3.63, 3.8) is 0 Å². The minimum Gasteiger partial charge on any atom is -0.334 e. The fraction of sp³-hybridized carbons (Fsp3) is 0.571. The average Bonchev–Trinajstić information content (AvgIpc) is 3.31. The van der Waals surface area contributed by atoms with Crippen LogP contribution in [0.5, 0.6) is 0 Å². The van der Waals surface area contributed by atoms with Gasteiger partial charge in [-0.25, -0.2) is 15.0 Å². The molecule has 152 valence electrons. The number of aryl methyl sites for hydroxylation is 6. The van der Waals surface area contributed by atoms with E-state index in [0.29, 0.717) is 0 Å². The Bertz CT molecular complexity index is 796. The van der Waals surface area contributed by atoms with Crippen molar-refractivity contribution in [3.8, 4) is 0 Å². The second-order valence-electron chi connectivity index (χ2n) is 7.40. The van der Waals surface area contributed by atoms with Crippen molar-refractivity contribution in [3.05, 3.63) is 53.1 Å². The maximum atomic E-state index is 4.77. The fourth-order valence-electron chi connectivity index (χ4n) is 3.76. The topological polar surface area (TPSA) is 56.7 Å². The number of hydrogen-bond donors (Lipinski definition) is 0. The highest BCUT2D eigenvalue weighted by Crippen LogP contribution is 2.15. The summed E-state index contributed by atoms with van der Waals surface area (Å²) in [4.78, 5) is 16.7. The molecule has 0 aromatic carbocycles. The van der Waals surface area contributed by atoms with Gasteiger partial charge >= 0.3 is 0 Å². The second-order valence-corrected chi connectivity index (χ2v) is 7.40. The summed E-state index contributed by atoms with van der Waals surface area (Å²) in [5, 5.41) is 0. The molecule has 0 N–H and O–H groups in total. The van der Waals surface area contributed by atoms with E-state index in [1.807, 2.05) is 0 Å². The maximum absolute atomic E-state index is 4.77. The van der Waals surface area contributed by atoms with E-state index >= 15 is 0 Å². The van der Waals surface area contributed by atoms with Crippen LogP contribution < -0.4 is 0 Å². The van der Waals surface area contributed by atoms with Gasteiger partial charge in [-0.3, -0.25) is 4.90 Å². The van der Waals surface area contributed by atoms with Gasteiger partial charge in [-0.15, -0.1) is 0 Å². The highest BCUT2D eigenvalue weighted by molar-refractivity contribution is 5.07. The molecular weight excluding hydrogens is 350 g/mol. The molecule has 0 radical (unpaired) electrons. The van der Waals surface area contributed by atoms with Crippen LogP contribution in [0.15, 0.2) is 18.6 Å². The zero-order chi connectivity index (χ0) is 20.3. The predicted octanol–water partition coefficient (Wildman–Crippen LogP) is 3.46. The van der Waals surface area contributed by atoms with Gasteiger partial charge in [0.2, 0.25) is 0 Å². The first kappa shape index (κ1) is 20.3. The zero-order valence-corrected chi connectivity index (χ0v) is 18.1. The van der Waals surface area contributed by atoms with Crippen LogP contribution in [0.1, 0.15) is 55.3 Å². The average molecular weight is 384 g/mol. The van der Waals surface area contributed by atoms with Gasteiger partial charge in [0.15, 0.2) is 0 Å². The van der Waals surface area contributed by atoms with Crippen molar-refractivity contribution in [1.29, 1.82) is 0 Å². The highest BCUT2D eigenvalue weighted by Gasteiger charge is 2.18. The molecule has 0 aliphatic carbocycles. The van der Waals surface area contributed by atoms with Gasteiger partial charge in [-0.05, 0) is 41.5 Å². The van der Waals surface area contributed by atoms with Gasteiger partial charge in [0.05, 0.1) is 36.7 Å². The van der Waals surface area contributed by atoms with Gasteiger partial charge < -0.3 is 13.7 Å². The minimum absolute atomic E-state index is 0.771. The molecule has 0 amide bonds. The molecule has 28 heavy (non-hydrogen) atoms. The van der Waals surface area contributed by atoms with Crippen molar-refractivity contribution < 1.29 is 0 Å². The van der Waals surface area contributed by atoms with E-state index in [9.17, 15) is 0 Å². The van der Waals surface area contributed by atoms with Crippen molar-refractivity contribution in [2.75, 3.05) is 0 Å². The molecule has 0 bridgehead atoms. The van der Waals surface area contributed by atoms with Crippen molar-refractivity contribution >= 4 is 0 Å². The molecule has 0 aliphatic rings. The first-order chi connectivity index (χ1) is 13.4.